The third-order valence-corrected chi connectivity index (χ3v) is 4.47. The number of halogens is 2. The number of benzene rings is 1. The van der Waals surface area contributed by atoms with Gasteiger partial charge in [-0.15, -0.1) is 0 Å². The summed E-state index contributed by atoms with van der Waals surface area (Å²) in [5, 5.41) is 7.30. The molecule has 0 radical (unpaired) electrons. The summed E-state index contributed by atoms with van der Waals surface area (Å²) in [6, 6.07) is 5.84. The Hall–Kier alpha value is -0.770. The van der Waals surface area contributed by atoms with E-state index in [0.717, 1.165) is 5.56 Å². The van der Waals surface area contributed by atoms with Crippen molar-refractivity contribution in [1.82, 2.24) is 10.6 Å². The number of carbonyl (C=O) groups excluding carboxylic acids is 1. The van der Waals surface area contributed by atoms with Crippen LogP contribution in [-0.4, -0.2) is 18.5 Å². The lowest BCUT2D eigenvalue weighted by molar-refractivity contribution is -0.121. The number of hydrogen-bond acceptors (Lipinski definition) is 2. The Kier molecular flexibility index (Phi) is 5.70. The molecule has 0 aliphatic heterocycles. The lowest BCUT2D eigenvalue weighted by Gasteiger charge is -2.17. The van der Waals surface area contributed by atoms with Crippen molar-refractivity contribution in [2.45, 2.75) is 44.7 Å². The summed E-state index contributed by atoms with van der Waals surface area (Å²) < 4.78 is 0. The highest BCUT2D eigenvalue weighted by molar-refractivity contribution is 6.42. The quantitative estimate of drug-likeness (QED) is 0.870. The van der Waals surface area contributed by atoms with Gasteiger partial charge >= 0.3 is 0 Å². The standard InChI is InChI=1S/C15H20Cl2N2O/c1-10(11-6-7-13(16)14(17)8-11)19-15(20)9-18-12-4-2-3-5-12/h6-8,10,12,18H,2-5,9H2,1H3,(H,19,20). The van der Waals surface area contributed by atoms with Crippen LogP contribution in [0.25, 0.3) is 0 Å². The molecule has 1 aromatic rings. The number of nitrogens with one attached hydrogen (secondary N) is 2. The van der Waals surface area contributed by atoms with Crippen molar-refractivity contribution < 1.29 is 4.79 Å². The van der Waals surface area contributed by atoms with Gasteiger partial charge < -0.3 is 10.6 Å². The van der Waals surface area contributed by atoms with E-state index in [4.69, 9.17) is 23.2 Å². The molecule has 0 heterocycles. The zero-order valence-corrected chi connectivity index (χ0v) is 13.1. The Balaban J connectivity index is 1.81. The number of hydrogen-bond donors (Lipinski definition) is 2. The molecule has 5 heteroatoms. The Morgan fingerprint density at radius 2 is 2.00 bits per heavy atom. The summed E-state index contributed by atoms with van der Waals surface area (Å²) in [5.41, 5.74) is 0.952. The molecule has 0 saturated heterocycles. The Bertz CT molecular complexity index is 473. The molecule has 110 valence electrons. The minimum atomic E-state index is -0.0809. The lowest BCUT2D eigenvalue weighted by atomic mass is 10.1. The first-order chi connectivity index (χ1) is 9.56. The first kappa shape index (κ1) is 15.6. The van der Waals surface area contributed by atoms with E-state index in [9.17, 15) is 4.79 Å². The highest BCUT2D eigenvalue weighted by Crippen LogP contribution is 2.25. The van der Waals surface area contributed by atoms with Crippen LogP contribution in [0.1, 0.15) is 44.2 Å². The molecule has 1 fully saturated rings. The molecule has 1 aliphatic rings. The fraction of sp³-hybridized carbons (Fsp3) is 0.533. The van der Waals surface area contributed by atoms with Gasteiger partial charge in [0.15, 0.2) is 0 Å². The predicted molar refractivity (Wildman–Crippen MR) is 83.3 cm³/mol. The van der Waals surface area contributed by atoms with Gasteiger partial charge in [-0.2, -0.15) is 0 Å². The van der Waals surface area contributed by atoms with Gasteiger partial charge in [0.2, 0.25) is 5.91 Å². The van der Waals surface area contributed by atoms with E-state index < -0.39 is 0 Å². The molecule has 20 heavy (non-hydrogen) atoms. The highest BCUT2D eigenvalue weighted by Gasteiger charge is 2.16. The minimum absolute atomic E-state index is 0.00970. The van der Waals surface area contributed by atoms with E-state index in [1.54, 1.807) is 12.1 Å². The average molecular weight is 315 g/mol. The monoisotopic (exact) mass is 314 g/mol. The second kappa shape index (κ2) is 7.30. The van der Waals surface area contributed by atoms with E-state index in [1.165, 1.54) is 25.7 Å². The minimum Gasteiger partial charge on any atom is -0.348 e. The molecule has 3 nitrogen and oxygen atoms in total. The molecule has 0 bridgehead atoms. The van der Waals surface area contributed by atoms with E-state index in [-0.39, 0.29) is 11.9 Å². The van der Waals surface area contributed by atoms with E-state index in [2.05, 4.69) is 10.6 Å². The number of amides is 1. The molecule has 2 rings (SSSR count). The lowest BCUT2D eigenvalue weighted by Crippen LogP contribution is -2.39. The van der Waals surface area contributed by atoms with Crippen LogP contribution >= 0.6 is 23.2 Å². The van der Waals surface area contributed by atoms with Crippen LogP contribution in [0.5, 0.6) is 0 Å². The molecule has 0 aromatic heterocycles. The molecular weight excluding hydrogens is 295 g/mol. The normalized spacial score (nSPS) is 17.1. The van der Waals surface area contributed by atoms with Crippen LogP contribution in [0, 0.1) is 0 Å². The average Bonchev–Trinajstić information content (AvgIpc) is 2.92. The van der Waals surface area contributed by atoms with Crippen molar-refractivity contribution in [1.29, 1.82) is 0 Å². The Morgan fingerprint density at radius 1 is 1.30 bits per heavy atom. The summed E-state index contributed by atoms with van der Waals surface area (Å²) in [7, 11) is 0. The fourth-order valence-corrected chi connectivity index (χ4v) is 2.83. The maximum Gasteiger partial charge on any atom is 0.234 e. The summed E-state index contributed by atoms with van der Waals surface area (Å²) in [6.45, 7) is 2.31. The van der Waals surface area contributed by atoms with Gasteiger partial charge in [0.1, 0.15) is 0 Å². The summed E-state index contributed by atoms with van der Waals surface area (Å²) in [4.78, 5) is 11.9. The maximum atomic E-state index is 11.9. The Labute approximate surface area is 130 Å². The maximum absolute atomic E-state index is 11.9. The Morgan fingerprint density at radius 3 is 2.65 bits per heavy atom. The van der Waals surface area contributed by atoms with E-state index in [1.807, 2.05) is 13.0 Å². The zero-order chi connectivity index (χ0) is 14.5. The summed E-state index contributed by atoms with van der Waals surface area (Å²) in [5.74, 6) is 0.00970. The van der Waals surface area contributed by atoms with Crippen LogP contribution in [0.2, 0.25) is 10.0 Å². The van der Waals surface area contributed by atoms with Crippen molar-refractivity contribution in [3.8, 4) is 0 Å². The first-order valence-electron chi connectivity index (χ1n) is 7.04. The third kappa shape index (κ3) is 4.37. The van der Waals surface area contributed by atoms with Crippen molar-refractivity contribution in [3.05, 3.63) is 33.8 Å². The summed E-state index contributed by atoms with van der Waals surface area (Å²) >= 11 is 11.9. The van der Waals surface area contributed by atoms with Crippen LogP contribution in [0.4, 0.5) is 0 Å². The molecule has 1 saturated carbocycles. The van der Waals surface area contributed by atoms with Crippen LogP contribution in [0.3, 0.4) is 0 Å². The largest absolute Gasteiger partial charge is 0.348 e. The van der Waals surface area contributed by atoms with Gasteiger partial charge in [-0.1, -0.05) is 42.1 Å². The second-order valence-electron chi connectivity index (χ2n) is 5.33. The van der Waals surface area contributed by atoms with Crippen LogP contribution in [-0.2, 0) is 4.79 Å². The van der Waals surface area contributed by atoms with Gasteiger partial charge in [-0.25, -0.2) is 0 Å². The van der Waals surface area contributed by atoms with Crippen molar-refractivity contribution in [3.63, 3.8) is 0 Å². The SMILES string of the molecule is CC(NC(=O)CNC1CCCC1)c1ccc(Cl)c(Cl)c1. The summed E-state index contributed by atoms with van der Waals surface area (Å²) in [6.07, 6.45) is 4.88. The molecule has 1 amide bonds. The number of rotatable bonds is 5. The van der Waals surface area contributed by atoms with Crippen LogP contribution < -0.4 is 10.6 Å². The first-order valence-corrected chi connectivity index (χ1v) is 7.79. The molecule has 2 N–H and O–H groups in total. The van der Waals surface area contributed by atoms with Crippen molar-refractivity contribution in [2.75, 3.05) is 6.54 Å². The van der Waals surface area contributed by atoms with Crippen LogP contribution in [0.15, 0.2) is 18.2 Å². The highest BCUT2D eigenvalue weighted by atomic mass is 35.5. The fourth-order valence-electron chi connectivity index (χ4n) is 2.52. The van der Waals surface area contributed by atoms with Gasteiger partial charge in [0, 0.05) is 6.04 Å². The topological polar surface area (TPSA) is 41.1 Å². The van der Waals surface area contributed by atoms with E-state index >= 15 is 0 Å². The van der Waals surface area contributed by atoms with Gasteiger partial charge in [0.05, 0.1) is 22.6 Å². The molecule has 1 aliphatic carbocycles. The van der Waals surface area contributed by atoms with E-state index in [0.29, 0.717) is 22.6 Å². The predicted octanol–water partition coefficient (Wildman–Crippen LogP) is 3.70. The van der Waals surface area contributed by atoms with Gasteiger partial charge in [0.25, 0.3) is 0 Å². The molecule has 0 spiro atoms. The molecule has 1 unspecified atom stereocenters. The third-order valence-electron chi connectivity index (χ3n) is 3.73. The van der Waals surface area contributed by atoms with Gasteiger partial charge in [-0.05, 0) is 37.5 Å². The van der Waals surface area contributed by atoms with Crippen molar-refractivity contribution in [2.24, 2.45) is 0 Å². The number of carbonyl (C=O) groups is 1. The zero-order valence-electron chi connectivity index (χ0n) is 11.6. The molecule has 1 atom stereocenters. The van der Waals surface area contributed by atoms with Crippen molar-refractivity contribution >= 4 is 29.1 Å². The molecular formula is C15H20Cl2N2O. The smallest absolute Gasteiger partial charge is 0.234 e. The second-order valence-corrected chi connectivity index (χ2v) is 6.14. The van der Waals surface area contributed by atoms with Gasteiger partial charge in [-0.3, -0.25) is 4.79 Å². The molecule has 1 aromatic carbocycles.